The van der Waals surface area contributed by atoms with Crippen molar-refractivity contribution in [1.82, 2.24) is 25.5 Å². The summed E-state index contributed by atoms with van der Waals surface area (Å²) in [5, 5.41) is 24.5. The van der Waals surface area contributed by atoms with E-state index in [0.717, 1.165) is 50.4 Å². The highest BCUT2D eigenvalue weighted by Crippen LogP contribution is 2.51. The number of benzene rings is 2. The molecule has 2 N–H and O–H groups in total. The fourth-order valence-corrected chi connectivity index (χ4v) is 4.97. The third kappa shape index (κ3) is 4.75. The van der Waals surface area contributed by atoms with Crippen molar-refractivity contribution in [2.24, 2.45) is 0 Å². The fourth-order valence-electron chi connectivity index (χ4n) is 3.84. The van der Waals surface area contributed by atoms with Crippen LogP contribution in [0, 0.1) is 0 Å². The van der Waals surface area contributed by atoms with Gasteiger partial charge in [0.05, 0.1) is 24.5 Å². The highest BCUT2D eigenvalue weighted by molar-refractivity contribution is 8.01. The highest BCUT2D eigenvalue weighted by atomic mass is 32.2. The minimum absolute atomic E-state index is 0.0370. The van der Waals surface area contributed by atoms with Crippen molar-refractivity contribution in [2.45, 2.75) is 29.3 Å². The maximum Gasteiger partial charge on any atom is 0.335 e. The molecule has 0 spiro atoms. The monoisotopic (exact) mass is 480 g/mol. The maximum atomic E-state index is 13.1. The summed E-state index contributed by atoms with van der Waals surface area (Å²) in [4.78, 5) is 26.5. The Hall–Kier alpha value is -3.44. The number of aromatic carboxylic acids is 1. The third-order valence-corrected chi connectivity index (χ3v) is 7.37. The number of anilines is 1. The molecule has 34 heavy (non-hydrogen) atoms. The summed E-state index contributed by atoms with van der Waals surface area (Å²) in [5.41, 5.74) is 3.00. The number of nitrogens with one attached hydrogen (secondary N) is 1. The Morgan fingerprint density at radius 2 is 1.85 bits per heavy atom. The average molecular weight is 481 g/mol. The summed E-state index contributed by atoms with van der Waals surface area (Å²) >= 11 is 1.34. The average Bonchev–Trinajstić information content (AvgIpc) is 3.52. The minimum atomic E-state index is -0.998. The van der Waals surface area contributed by atoms with Crippen LogP contribution >= 0.6 is 11.8 Å². The Morgan fingerprint density at radius 3 is 2.56 bits per heavy atom. The lowest BCUT2D eigenvalue weighted by molar-refractivity contribution is -0.121. The summed E-state index contributed by atoms with van der Waals surface area (Å²) in [6, 6.07) is 14.5. The molecule has 5 rings (SSSR count). The van der Waals surface area contributed by atoms with Crippen molar-refractivity contribution in [3.05, 3.63) is 59.7 Å². The van der Waals surface area contributed by atoms with Gasteiger partial charge in [0, 0.05) is 25.3 Å². The number of carbonyl (C=O) groups excluding carboxylic acids is 1. The number of carboxylic acid groups (broad SMARTS) is 1. The van der Waals surface area contributed by atoms with E-state index in [1.165, 1.54) is 28.6 Å². The van der Waals surface area contributed by atoms with Crippen LogP contribution in [0.3, 0.4) is 0 Å². The van der Waals surface area contributed by atoms with Gasteiger partial charge in [0.1, 0.15) is 4.75 Å². The van der Waals surface area contributed by atoms with Gasteiger partial charge in [0.25, 0.3) is 0 Å². The Bertz CT molecular complexity index is 1190. The molecule has 0 atom stereocenters. The molecule has 2 aromatic carbocycles. The molecule has 1 aliphatic heterocycles. The van der Waals surface area contributed by atoms with Gasteiger partial charge in [-0.15, -0.1) is 5.10 Å². The quantitative estimate of drug-likeness (QED) is 0.499. The van der Waals surface area contributed by atoms with E-state index in [1.807, 2.05) is 12.1 Å². The lowest BCUT2D eigenvalue weighted by Crippen LogP contribution is -2.36. The van der Waals surface area contributed by atoms with Gasteiger partial charge in [-0.05, 0) is 65.2 Å². The molecule has 3 aromatic rings. The van der Waals surface area contributed by atoms with Gasteiger partial charge in [0.15, 0.2) is 0 Å². The molecule has 2 heterocycles. The largest absolute Gasteiger partial charge is 0.478 e. The third-order valence-electron chi connectivity index (χ3n) is 5.94. The van der Waals surface area contributed by atoms with Gasteiger partial charge >= 0.3 is 5.97 Å². The second-order valence-electron chi connectivity index (χ2n) is 8.27. The predicted octanol–water partition coefficient (Wildman–Crippen LogP) is 2.14. The lowest BCUT2D eigenvalue weighted by atomic mass is 10.1. The van der Waals surface area contributed by atoms with Gasteiger partial charge in [-0.1, -0.05) is 23.9 Å². The second kappa shape index (κ2) is 9.43. The molecule has 2 aliphatic rings. The van der Waals surface area contributed by atoms with Crippen molar-refractivity contribution >= 4 is 29.3 Å². The lowest BCUT2D eigenvalue weighted by Gasteiger charge is -2.29. The Kier molecular flexibility index (Phi) is 6.20. The molecule has 1 saturated heterocycles. The molecule has 10 nitrogen and oxygen atoms in total. The first-order valence-corrected chi connectivity index (χ1v) is 11.9. The zero-order chi connectivity index (χ0) is 23.5. The molecular formula is C23H24N6O4S. The number of hydrogen-bond acceptors (Lipinski definition) is 8. The second-order valence-corrected chi connectivity index (χ2v) is 9.62. The van der Waals surface area contributed by atoms with E-state index >= 15 is 0 Å². The number of morpholine rings is 1. The minimum Gasteiger partial charge on any atom is -0.478 e. The molecule has 11 heteroatoms. The van der Waals surface area contributed by atoms with Crippen molar-refractivity contribution in [1.29, 1.82) is 0 Å². The Balaban J connectivity index is 1.23. The molecular weight excluding hydrogens is 456 g/mol. The normalized spacial score (nSPS) is 16.8. The fraction of sp³-hybridized carbons (Fsp3) is 0.348. The van der Waals surface area contributed by atoms with Crippen molar-refractivity contribution in [3.63, 3.8) is 0 Å². The summed E-state index contributed by atoms with van der Waals surface area (Å²) in [7, 11) is 0. The number of amides is 1. The van der Waals surface area contributed by atoms with Gasteiger partial charge in [-0.2, -0.15) is 4.68 Å². The molecule has 176 valence electrons. The molecule has 0 bridgehead atoms. The van der Waals surface area contributed by atoms with Crippen LogP contribution in [0.15, 0.2) is 53.7 Å². The van der Waals surface area contributed by atoms with E-state index < -0.39 is 10.7 Å². The number of hydrogen-bond donors (Lipinski definition) is 2. The van der Waals surface area contributed by atoms with Crippen LogP contribution in [-0.4, -0.2) is 68.2 Å². The summed E-state index contributed by atoms with van der Waals surface area (Å²) in [5.74, 6) is -1.04. The van der Waals surface area contributed by atoms with Crippen LogP contribution in [0.25, 0.3) is 5.69 Å². The number of thioether (sulfide) groups is 1. The Labute approximate surface area is 200 Å². The number of aromatic nitrogens is 4. The van der Waals surface area contributed by atoms with E-state index in [2.05, 4.69) is 37.9 Å². The first kappa shape index (κ1) is 22.4. The molecule has 1 aliphatic carbocycles. The molecule has 0 radical (unpaired) electrons. The predicted molar refractivity (Wildman–Crippen MR) is 125 cm³/mol. The zero-order valence-electron chi connectivity index (χ0n) is 18.4. The summed E-state index contributed by atoms with van der Waals surface area (Å²) in [6.45, 7) is 3.63. The molecule has 0 unspecified atom stereocenters. The van der Waals surface area contributed by atoms with Crippen LogP contribution in [-0.2, 0) is 16.1 Å². The van der Waals surface area contributed by atoms with E-state index in [1.54, 1.807) is 12.1 Å². The maximum absolute atomic E-state index is 13.1. The van der Waals surface area contributed by atoms with E-state index in [4.69, 9.17) is 9.84 Å². The van der Waals surface area contributed by atoms with Crippen LogP contribution in [0.2, 0.25) is 0 Å². The smallest absolute Gasteiger partial charge is 0.335 e. The van der Waals surface area contributed by atoms with Crippen LogP contribution in [0.4, 0.5) is 5.69 Å². The highest BCUT2D eigenvalue weighted by Gasteiger charge is 2.52. The van der Waals surface area contributed by atoms with Crippen molar-refractivity contribution in [2.75, 3.05) is 31.2 Å². The first-order valence-electron chi connectivity index (χ1n) is 11.1. The molecule has 1 amide bonds. The SMILES string of the molecule is O=C(O)c1ccc(-n2nnnc2SC2(C(=O)NCc3cccc(N4CCOCC4)c3)CC2)cc1. The van der Waals surface area contributed by atoms with Crippen molar-refractivity contribution < 1.29 is 19.4 Å². The van der Waals surface area contributed by atoms with Crippen LogP contribution < -0.4 is 10.2 Å². The van der Waals surface area contributed by atoms with Crippen LogP contribution in [0.1, 0.15) is 28.8 Å². The van der Waals surface area contributed by atoms with Gasteiger partial charge in [-0.25, -0.2) is 4.79 Å². The number of rotatable bonds is 8. The van der Waals surface area contributed by atoms with E-state index in [0.29, 0.717) is 17.4 Å². The number of ether oxygens (including phenoxy) is 1. The number of carboxylic acids is 1. The van der Waals surface area contributed by atoms with Crippen LogP contribution in [0.5, 0.6) is 0 Å². The Morgan fingerprint density at radius 1 is 1.09 bits per heavy atom. The number of carbonyl (C=O) groups is 2. The van der Waals surface area contributed by atoms with Gasteiger partial charge < -0.3 is 20.1 Å². The number of nitrogens with zero attached hydrogens (tertiary/aromatic N) is 5. The van der Waals surface area contributed by atoms with Gasteiger partial charge in [0.2, 0.25) is 11.1 Å². The molecule has 1 aromatic heterocycles. The van der Waals surface area contributed by atoms with E-state index in [9.17, 15) is 9.59 Å². The first-order chi connectivity index (χ1) is 16.5. The van der Waals surface area contributed by atoms with Gasteiger partial charge in [-0.3, -0.25) is 4.79 Å². The summed E-state index contributed by atoms with van der Waals surface area (Å²) in [6.07, 6.45) is 1.48. The standard InChI is InChI=1S/C23H24N6O4S/c30-20(31)17-4-6-18(7-5-17)29-22(25-26-27-29)34-23(8-9-23)21(32)24-15-16-2-1-3-19(14-16)28-10-12-33-13-11-28/h1-7,14H,8-13,15H2,(H,24,32)(H,30,31). The molecule has 2 fully saturated rings. The number of tetrazole rings is 1. The van der Waals surface area contributed by atoms with E-state index in [-0.39, 0.29) is 11.5 Å². The summed E-state index contributed by atoms with van der Waals surface area (Å²) < 4.78 is 6.35. The zero-order valence-corrected chi connectivity index (χ0v) is 19.2. The van der Waals surface area contributed by atoms with Crippen molar-refractivity contribution in [3.8, 4) is 5.69 Å². The molecule has 1 saturated carbocycles. The topological polar surface area (TPSA) is 122 Å².